The minimum atomic E-state index is -1.43. The van der Waals surface area contributed by atoms with E-state index in [1.54, 1.807) is 0 Å². The van der Waals surface area contributed by atoms with E-state index in [1.807, 2.05) is 0 Å². The molecule has 4 heteroatoms. The van der Waals surface area contributed by atoms with E-state index in [0.29, 0.717) is 0 Å². The molecule has 1 aliphatic heterocycles. The van der Waals surface area contributed by atoms with E-state index in [-0.39, 0.29) is 0 Å². The predicted octanol–water partition coefficient (Wildman–Crippen LogP) is 6.81. The van der Waals surface area contributed by atoms with Crippen LogP contribution in [0.2, 0.25) is 19.6 Å². The fraction of sp³-hybridized carbons (Fsp3) is 0.250. The Balaban J connectivity index is 1.78. The van der Waals surface area contributed by atoms with Crippen LogP contribution in [0.15, 0.2) is 47.0 Å². The van der Waals surface area contributed by atoms with E-state index in [2.05, 4.69) is 94.6 Å². The van der Waals surface area contributed by atoms with Crippen LogP contribution in [0.3, 0.4) is 0 Å². The number of nitrogens with zero attached hydrogens (tertiary/aromatic N) is 1. The number of hydrogen-bond acceptors (Lipinski definition) is 2. The minimum Gasteiger partial charge on any atom is -0.456 e. The zero-order chi connectivity index (χ0) is 22.5. The summed E-state index contributed by atoms with van der Waals surface area (Å²) in [4.78, 5) is 0. The lowest BCUT2D eigenvalue weighted by Gasteiger charge is -2.23. The number of fused-ring (bicyclic) bond motifs is 6. The summed E-state index contributed by atoms with van der Waals surface area (Å²) in [5, 5.41) is 6.12. The molecule has 0 fully saturated rings. The molecule has 0 N–H and O–H groups in total. The molecule has 0 radical (unpaired) electrons. The monoisotopic (exact) mass is 438 g/mol. The zero-order valence-corrected chi connectivity index (χ0v) is 20.8. The summed E-state index contributed by atoms with van der Waals surface area (Å²) in [6.07, 6.45) is 2.17. The quantitative estimate of drug-likeness (QED) is 0.208. The Hall–Kier alpha value is -3.11. The molecule has 5 aromatic rings. The van der Waals surface area contributed by atoms with Crippen LogP contribution in [0.25, 0.3) is 44.0 Å². The Morgan fingerprint density at radius 3 is 2.34 bits per heavy atom. The van der Waals surface area contributed by atoms with Crippen molar-refractivity contribution < 1.29 is 13.7 Å². The maximum atomic E-state index is 6.59. The number of ether oxygens (including phenoxy) is 1. The van der Waals surface area contributed by atoms with Gasteiger partial charge in [0, 0.05) is 28.3 Å². The average Bonchev–Trinajstić information content (AvgIpc) is 3.10. The third-order valence-electron chi connectivity index (χ3n) is 7.12. The number of furan rings is 1. The van der Waals surface area contributed by atoms with Crippen molar-refractivity contribution in [3.63, 3.8) is 0 Å². The molecule has 0 bridgehead atoms. The molecule has 0 aliphatic carbocycles. The molecule has 160 valence electrons. The van der Waals surface area contributed by atoms with Crippen LogP contribution in [0.4, 0.5) is 0 Å². The molecule has 3 aromatic carbocycles. The van der Waals surface area contributed by atoms with Crippen molar-refractivity contribution in [1.82, 2.24) is 0 Å². The average molecular weight is 439 g/mol. The SMILES string of the molecule is Cc1cc(C)c2c(c1C)-c1c3c(cc4oc5cc([Si](C)(C)C)ccc5c4c3cc[n+]1C)O2. The van der Waals surface area contributed by atoms with Crippen LogP contribution in [0, 0.1) is 20.8 Å². The van der Waals surface area contributed by atoms with Gasteiger partial charge in [-0.25, -0.2) is 4.57 Å². The molecule has 0 saturated heterocycles. The molecule has 0 amide bonds. The number of rotatable bonds is 1. The first-order chi connectivity index (χ1) is 15.1. The third kappa shape index (κ3) is 2.50. The smallest absolute Gasteiger partial charge is 0.228 e. The fourth-order valence-electron chi connectivity index (χ4n) is 5.23. The number of aromatic nitrogens is 1. The summed E-state index contributed by atoms with van der Waals surface area (Å²) < 4.78 is 15.2. The summed E-state index contributed by atoms with van der Waals surface area (Å²) in [6, 6.07) is 13.3. The number of benzene rings is 3. The highest BCUT2D eigenvalue weighted by atomic mass is 28.3. The molecule has 3 nitrogen and oxygen atoms in total. The maximum absolute atomic E-state index is 6.59. The molecule has 6 rings (SSSR count). The van der Waals surface area contributed by atoms with Crippen LogP contribution >= 0.6 is 0 Å². The van der Waals surface area contributed by atoms with Gasteiger partial charge in [-0.2, -0.15) is 0 Å². The normalized spacial score (nSPS) is 13.1. The van der Waals surface area contributed by atoms with Crippen molar-refractivity contribution in [2.45, 2.75) is 40.4 Å². The maximum Gasteiger partial charge on any atom is 0.228 e. The lowest BCUT2D eigenvalue weighted by Crippen LogP contribution is -2.37. The second kappa shape index (κ2) is 6.23. The summed E-state index contributed by atoms with van der Waals surface area (Å²) in [5.74, 6) is 1.84. The molecule has 3 heterocycles. The van der Waals surface area contributed by atoms with E-state index >= 15 is 0 Å². The summed E-state index contributed by atoms with van der Waals surface area (Å²) >= 11 is 0. The minimum absolute atomic E-state index is 0.877. The van der Waals surface area contributed by atoms with Crippen molar-refractivity contribution >= 4 is 46.0 Å². The molecular weight excluding hydrogens is 410 g/mol. The van der Waals surface area contributed by atoms with Gasteiger partial charge in [0.1, 0.15) is 29.7 Å². The van der Waals surface area contributed by atoms with Crippen molar-refractivity contribution in [2.75, 3.05) is 0 Å². The van der Waals surface area contributed by atoms with Crippen molar-refractivity contribution in [3.8, 4) is 22.8 Å². The molecule has 2 aromatic heterocycles. The van der Waals surface area contributed by atoms with E-state index < -0.39 is 8.07 Å². The Morgan fingerprint density at radius 1 is 0.812 bits per heavy atom. The van der Waals surface area contributed by atoms with Crippen LogP contribution in [-0.4, -0.2) is 8.07 Å². The Bertz CT molecular complexity index is 1620. The van der Waals surface area contributed by atoms with Gasteiger partial charge in [0.15, 0.2) is 6.20 Å². The topological polar surface area (TPSA) is 26.2 Å². The fourth-order valence-corrected chi connectivity index (χ4v) is 6.38. The Morgan fingerprint density at radius 2 is 1.59 bits per heavy atom. The lowest BCUT2D eigenvalue weighted by molar-refractivity contribution is -0.659. The highest BCUT2D eigenvalue weighted by molar-refractivity contribution is 6.88. The van der Waals surface area contributed by atoms with Gasteiger partial charge in [0.05, 0.1) is 19.0 Å². The van der Waals surface area contributed by atoms with E-state index in [0.717, 1.165) is 28.2 Å². The second-order valence-corrected chi connectivity index (χ2v) is 15.4. The zero-order valence-electron chi connectivity index (χ0n) is 19.8. The van der Waals surface area contributed by atoms with Crippen LogP contribution in [-0.2, 0) is 7.05 Å². The van der Waals surface area contributed by atoms with Crippen molar-refractivity contribution in [1.29, 1.82) is 0 Å². The van der Waals surface area contributed by atoms with Crippen LogP contribution in [0.5, 0.6) is 11.5 Å². The largest absolute Gasteiger partial charge is 0.456 e. The molecule has 1 aliphatic rings. The highest BCUT2D eigenvalue weighted by Crippen LogP contribution is 2.51. The molecule has 0 atom stereocenters. The summed E-state index contributed by atoms with van der Waals surface area (Å²) in [7, 11) is 0.701. The van der Waals surface area contributed by atoms with Gasteiger partial charge in [-0.1, -0.05) is 43.0 Å². The predicted molar refractivity (Wildman–Crippen MR) is 135 cm³/mol. The number of aryl methyl sites for hydroxylation is 3. The van der Waals surface area contributed by atoms with Crippen LogP contribution in [0.1, 0.15) is 16.7 Å². The summed E-state index contributed by atoms with van der Waals surface area (Å²) in [5.41, 5.74) is 8.01. The van der Waals surface area contributed by atoms with Gasteiger partial charge in [-0.3, -0.25) is 0 Å². The van der Waals surface area contributed by atoms with Gasteiger partial charge in [-0.05, 0) is 43.5 Å². The van der Waals surface area contributed by atoms with Crippen LogP contribution < -0.4 is 14.5 Å². The van der Waals surface area contributed by atoms with E-state index in [9.17, 15) is 0 Å². The standard InChI is InChI=1S/C28H28NO2Si/c1-15-12-16(2)28-24(17(15)3)27-26-20(10-11-29(27)4)25-19-9-8-18(32(5,6)7)13-21(19)30-22(25)14-23(26)31-28/h8-14H,1-7H3/q+1. The first-order valence-corrected chi connectivity index (χ1v) is 14.8. The van der Waals surface area contributed by atoms with Gasteiger partial charge in [0.2, 0.25) is 5.69 Å². The number of pyridine rings is 1. The Kier molecular flexibility index (Phi) is 3.81. The summed E-state index contributed by atoms with van der Waals surface area (Å²) in [6.45, 7) is 13.6. The van der Waals surface area contributed by atoms with Gasteiger partial charge in [-0.15, -0.1) is 0 Å². The van der Waals surface area contributed by atoms with Gasteiger partial charge < -0.3 is 9.15 Å². The third-order valence-corrected chi connectivity index (χ3v) is 9.16. The van der Waals surface area contributed by atoms with E-state index in [4.69, 9.17) is 9.15 Å². The molecule has 32 heavy (non-hydrogen) atoms. The second-order valence-electron chi connectivity index (χ2n) is 10.3. The Labute approximate surface area is 189 Å². The lowest BCUT2D eigenvalue weighted by atomic mass is 9.90. The first-order valence-electron chi connectivity index (χ1n) is 11.3. The number of hydrogen-bond donors (Lipinski definition) is 0. The van der Waals surface area contributed by atoms with Crippen molar-refractivity contribution in [2.24, 2.45) is 7.05 Å². The van der Waals surface area contributed by atoms with Crippen molar-refractivity contribution in [3.05, 3.63) is 59.3 Å². The molecular formula is C28H28NO2Si+. The van der Waals surface area contributed by atoms with Gasteiger partial charge in [0.25, 0.3) is 0 Å². The molecule has 0 unspecified atom stereocenters. The highest BCUT2D eigenvalue weighted by Gasteiger charge is 2.32. The molecule has 0 spiro atoms. The van der Waals surface area contributed by atoms with E-state index in [1.165, 1.54) is 49.1 Å². The molecule has 0 saturated carbocycles. The first kappa shape index (κ1) is 19.6. The van der Waals surface area contributed by atoms with Gasteiger partial charge >= 0.3 is 0 Å².